The third-order valence-corrected chi connectivity index (χ3v) is 3.68. The fourth-order valence-electron chi connectivity index (χ4n) is 2.69. The van der Waals surface area contributed by atoms with Crippen LogP contribution in [0.3, 0.4) is 0 Å². The zero-order chi connectivity index (χ0) is 13.8. The zero-order valence-electron chi connectivity index (χ0n) is 11.6. The summed E-state index contributed by atoms with van der Waals surface area (Å²) in [5.74, 6) is 0. The minimum atomic E-state index is 0.926. The van der Waals surface area contributed by atoms with Gasteiger partial charge in [-0.3, -0.25) is 0 Å². The van der Waals surface area contributed by atoms with Gasteiger partial charge in [-0.2, -0.15) is 0 Å². The van der Waals surface area contributed by atoms with E-state index in [1.54, 1.807) is 0 Å². The van der Waals surface area contributed by atoms with Crippen molar-refractivity contribution in [1.82, 2.24) is 4.57 Å². The fourth-order valence-corrected chi connectivity index (χ4v) is 2.69. The van der Waals surface area contributed by atoms with Crippen molar-refractivity contribution in [2.45, 2.75) is 19.4 Å². The van der Waals surface area contributed by atoms with Crippen LogP contribution >= 0.6 is 0 Å². The summed E-state index contributed by atoms with van der Waals surface area (Å²) in [6, 6.07) is 19.3. The van der Waals surface area contributed by atoms with Crippen LogP contribution in [0.2, 0.25) is 0 Å². The summed E-state index contributed by atoms with van der Waals surface area (Å²) in [6.45, 7) is 4.75. The molecule has 0 saturated heterocycles. The second kappa shape index (κ2) is 5.79. The molecule has 100 valence electrons. The van der Waals surface area contributed by atoms with E-state index in [9.17, 15) is 0 Å². The number of rotatable bonds is 5. The van der Waals surface area contributed by atoms with Crippen LogP contribution in [-0.4, -0.2) is 4.57 Å². The Hall–Kier alpha value is -2.28. The third-order valence-electron chi connectivity index (χ3n) is 3.68. The molecule has 0 amide bonds. The van der Waals surface area contributed by atoms with Gasteiger partial charge in [-0.15, -0.1) is 6.58 Å². The van der Waals surface area contributed by atoms with Crippen LogP contribution in [0.5, 0.6) is 0 Å². The number of nitrogens with zero attached hydrogens (tertiary/aromatic N) is 1. The highest BCUT2D eigenvalue weighted by atomic mass is 15.0. The molecule has 0 unspecified atom stereocenters. The second-order valence-corrected chi connectivity index (χ2v) is 5.11. The number of benzene rings is 2. The van der Waals surface area contributed by atoms with E-state index in [1.165, 1.54) is 22.0 Å². The molecule has 0 fully saturated rings. The van der Waals surface area contributed by atoms with E-state index >= 15 is 0 Å². The Balaban J connectivity index is 2.00. The molecule has 0 aliphatic carbocycles. The molecule has 1 heteroatoms. The lowest BCUT2D eigenvalue weighted by Crippen LogP contribution is -1.97. The van der Waals surface area contributed by atoms with Crippen molar-refractivity contribution >= 4 is 10.9 Å². The topological polar surface area (TPSA) is 4.93 Å². The maximum absolute atomic E-state index is 3.82. The van der Waals surface area contributed by atoms with E-state index in [0.29, 0.717) is 0 Å². The molecular weight excluding hydrogens is 242 g/mol. The van der Waals surface area contributed by atoms with Crippen molar-refractivity contribution < 1.29 is 0 Å². The van der Waals surface area contributed by atoms with Crippen LogP contribution in [0, 0.1) is 0 Å². The average Bonchev–Trinajstić information content (AvgIpc) is 2.85. The number of aromatic nitrogens is 1. The van der Waals surface area contributed by atoms with E-state index in [1.807, 2.05) is 6.08 Å². The van der Waals surface area contributed by atoms with Gasteiger partial charge >= 0.3 is 0 Å². The summed E-state index contributed by atoms with van der Waals surface area (Å²) in [5, 5.41) is 1.37. The van der Waals surface area contributed by atoms with Gasteiger partial charge in [-0.1, -0.05) is 54.6 Å². The van der Waals surface area contributed by atoms with Gasteiger partial charge in [0.25, 0.3) is 0 Å². The van der Waals surface area contributed by atoms with Gasteiger partial charge in [0.15, 0.2) is 0 Å². The number of hydrogen-bond donors (Lipinski definition) is 0. The van der Waals surface area contributed by atoms with Gasteiger partial charge < -0.3 is 4.57 Å². The van der Waals surface area contributed by atoms with E-state index < -0.39 is 0 Å². The summed E-state index contributed by atoms with van der Waals surface area (Å²) >= 11 is 0. The standard InChI is InChI=1S/C19H19N/c1-2-3-11-17-15-20(14-16-9-5-4-6-10-16)19-13-8-7-12-18(17)19/h2,4-10,12-13,15H,1,3,11,14H2. The van der Waals surface area contributed by atoms with Crippen LogP contribution in [0.4, 0.5) is 0 Å². The molecule has 0 aliphatic rings. The van der Waals surface area contributed by atoms with Crippen LogP contribution in [0.25, 0.3) is 10.9 Å². The fraction of sp³-hybridized carbons (Fsp3) is 0.158. The lowest BCUT2D eigenvalue weighted by atomic mass is 10.1. The molecule has 2 aromatic carbocycles. The molecular formula is C19H19N. The lowest BCUT2D eigenvalue weighted by molar-refractivity contribution is 0.828. The first-order chi connectivity index (χ1) is 9.88. The Labute approximate surface area is 120 Å². The van der Waals surface area contributed by atoms with E-state index in [-0.39, 0.29) is 0 Å². The number of para-hydroxylation sites is 1. The Morgan fingerprint density at radius 2 is 1.70 bits per heavy atom. The molecule has 20 heavy (non-hydrogen) atoms. The molecule has 0 aliphatic heterocycles. The van der Waals surface area contributed by atoms with Gasteiger partial charge in [0.1, 0.15) is 0 Å². The quantitative estimate of drug-likeness (QED) is 0.581. The van der Waals surface area contributed by atoms with Crippen molar-refractivity contribution in [3.8, 4) is 0 Å². The summed E-state index contributed by atoms with van der Waals surface area (Å²) < 4.78 is 2.35. The van der Waals surface area contributed by atoms with Crippen LogP contribution in [-0.2, 0) is 13.0 Å². The van der Waals surface area contributed by atoms with Gasteiger partial charge in [-0.25, -0.2) is 0 Å². The van der Waals surface area contributed by atoms with E-state index in [2.05, 4.69) is 71.9 Å². The Bertz CT molecular complexity index is 707. The number of allylic oxidation sites excluding steroid dienone is 1. The highest BCUT2D eigenvalue weighted by Gasteiger charge is 2.07. The van der Waals surface area contributed by atoms with Crippen LogP contribution in [0.1, 0.15) is 17.5 Å². The SMILES string of the molecule is C=CCCc1cn(Cc2ccccc2)c2ccccc12. The zero-order valence-corrected chi connectivity index (χ0v) is 11.6. The molecule has 1 nitrogen and oxygen atoms in total. The maximum Gasteiger partial charge on any atom is 0.0486 e. The molecule has 1 heterocycles. The van der Waals surface area contributed by atoms with Gasteiger partial charge in [0.05, 0.1) is 0 Å². The molecule has 0 saturated carbocycles. The third kappa shape index (κ3) is 2.53. The van der Waals surface area contributed by atoms with E-state index in [0.717, 1.165) is 19.4 Å². The van der Waals surface area contributed by atoms with E-state index in [4.69, 9.17) is 0 Å². The first-order valence-electron chi connectivity index (χ1n) is 7.10. The Morgan fingerprint density at radius 1 is 0.950 bits per heavy atom. The molecule has 0 atom stereocenters. The maximum atomic E-state index is 3.82. The van der Waals surface area contributed by atoms with Crippen molar-refractivity contribution in [2.24, 2.45) is 0 Å². The highest BCUT2D eigenvalue weighted by molar-refractivity contribution is 5.84. The molecule has 0 radical (unpaired) electrons. The first-order valence-corrected chi connectivity index (χ1v) is 7.10. The molecule has 3 aromatic rings. The molecule has 0 spiro atoms. The summed E-state index contributed by atoms with van der Waals surface area (Å²) in [6.07, 6.45) is 6.37. The summed E-state index contributed by atoms with van der Waals surface area (Å²) in [5.41, 5.74) is 4.07. The number of aryl methyl sites for hydroxylation is 1. The second-order valence-electron chi connectivity index (χ2n) is 5.11. The van der Waals surface area contributed by atoms with Crippen LogP contribution < -0.4 is 0 Å². The van der Waals surface area contributed by atoms with Crippen LogP contribution in [0.15, 0.2) is 73.4 Å². The Morgan fingerprint density at radius 3 is 2.50 bits per heavy atom. The minimum Gasteiger partial charge on any atom is -0.343 e. The number of hydrogen-bond acceptors (Lipinski definition) is 0. The predicted molar refractivity (Wildman–Crippen MR) is 86.0 cm³/mol. The summed E-state index contributed by atoms with van der Waals surface area (Å²) in [7, 11) is 0. The van der Waals surface area contributed by atoms with Crippen molar-refractivity contribution in [2.75, 3.05) is 0 Å². The largest absolute Gasteiger partial charge is 0.343 e. The lowest BCUT2D eigenvalue weighted by Gasteiger charge is -2.05. The predicted octanol–water partition coefficient (Wildman–Crippen LogP) is 4.81. The molecule has 1 aromatic heterocycles. The normalized spacial score (nSPS) is 10.8. The van der Waals surface area contributed by atoms with Crippen molar-refractivity contribution in [1.29, 1.82) is 0 Å². The van der Waals surface area contributed by atoms with Crippen molar-refractivity contribution in [3.05, 3.63) is 84.6 Å². The number of fused-ring (bicyclic) bond motifs is 1. The Kier molecular flexibility index (Phi) is 3.69. The smallest absolute Gasteiger partial charge is 0.0486 e. The monoisotopic (exact) mass is 261 g/mol. The van der Waals surface area contributed by atoms with Crippen molar-refractivity contribution in [3.63, 3.8) is 0 Å². The average molecular weight is 261 g/mol. The minimum absolute atomic E-state index is 0.926. The molecule has 3 rings (SSSR count). The highest BCUT2D eigenvalue weighted by Crippen LogP contribution is 2.23. The van der Waals surface area contributed by atoms with Gasteiger partial charge in [0, 0.05) is 23.6 Å². The van der Waals surface area contributed by atoms with Gasteiger partial charge in [0.2, 0.25) is 0 Å². The molecule has 0 N–H and O–H groups in total. The first kappa shape index (κ1) is 12.7. The molecule has 0 bridgehead atoms. The van der Waals surface area contributed by atoms with Gasteiger partial charge in [-0.05, 0) is 30.0 Å². The summed E-state index contributed by atoms with van der Waals surface area (Å²) in [4.78, 5) is 0.